The van der Waals surface area contributed by atoms with E-state index in [1.165, 1.54) is 50.8 Å². The van der Waals surface area contributed by atoms with Gasteiger partial charge in [-0.1, -0.05) is 44.2 Å². The number of aryl methyl sites for hydroxylation is 2. The summed E-state index contributed by atoms with van der Waals surface area (Å²) in [5.41, 5.74) is 7.29. The molecule has 1 N–H and O–H groups in total. The molecule has 4 heteroatoms. The first-order chi connectivity index (χ1) is 13.8. The number of aliphatic carboxylic acids is 1. The van der Waals surface area contributed by atoms with Gasteiger partial charge in [-0.2, -0.15) is 5.26 Å². The molecule has 146 valence electrons. The second-order valence-corrected chi connectivity index (χ2v) is 8.58. The molecule has 0 aliphatic heterocycles. The van der Waals surface area contributed by atoms with Crippen LogP contribution in [0.1, 0.15) is 51.8 Å². The molecule has 0 bridgehead atoms. The number of thiophene rings is 1. The molecule has 0 unspecified atom stereocenters. The summed E-state index contributed by atoms with van der Waals surface area (Å²) in [6.07, 6.45) is 5.56. The predicted molar refractivity (Wildman–Crippen MR) is 121 cm³/mol. The molecule has 2 aliphatic rings. The Labute approximate surface area is 175 Å². The lowest BCUT2D eigenvalue weighted by atomic mass is 10.0. The molecule has 0 radical (unpaired) electrons. The molecule has 1 aromatic rings. The van der Waals surface area contributed by atoms with Gasteiger partial charge in [-0.25, -0.2) is 4.79 Å². The fraction of sp³-hybridized carbons (Fsp3) is 0.200. The Morgan fingerprint density at radius 2 is 1.79 bits per heavy atom. The topological polar surface area (TPSA) is 61.1 Å². The zero-order chi connectivity index (χ0) is 21.1. The Bertz CT molecular complexity index is 1140. The minimum atomic E-state index is -1.21. The molecular weight excluding hydrogens is 378 g/mol. The lowest BCUT2D eigenvalue weighted by Gasteiger charge is -2.04. The van der Waals surface area contributed by atoms with Gasteiger partial charge in [0.15, 0.2) is 0 Å². The van der Waals surface area contributed by atoms with E-state index in [0.29, 0.717) is 5.92 Å². The first-order valence-corrected chi connectivity index (χ1v) is 10.3. The van der Waals surface area contributed by atoms with Crippen LogP contribution in [0, 0.1) is 25.2 Å². The summed E-state index contributed by atoms with van der Waals surface area (Å²) in [5, 5.41) is 17.9. The third-order valence-corrected chi connectivity index (χ3v) is 5.96. The van der Waals surface area contributed by atoms with Gasteiger partial charge in [0.1, 0.15) is 11.6 Å². The van der Waals surface area contributed by atoms with Gasteiger partial charge in [-0.15, -0.1) is 11.3 Å². The predicted octanol–water partition coefficient (Wildman–Crippen LogP) is 6.76. The summed E-state index contributed by atoms with van der Waals surface area (Å²) in [6, 6.07) is 14.4. The van der Waals surface area contributed by atoms with Crippen molar-refractivity contribution in [3.05, 3.63) is 74.0 Å². The second-order valence-electron chi connectivity index (χ2n) is 7.44. The fourth-order valence-corrected chi connectivity index (χ4v) is 4.22. The maximum atomic E-state index is 11.0. The number of hydrogen-bond donors (Lipinski definition) is 1. The third-order valence-electron chi connectivity index (χ3n) is 4.96. The highest BCUT2D eigenvalue weighted by Gasteiger charge is 2.15. The highest BCUT2D eigenvalue weighted by Crippen LogP contribution is 2.37. The zero-order valence-corrected chi connectivity index (χ0v) is 17.8. The van der Waals surface area contributed by atoms with Gasteiger partial charge in [-0.05, 0) is 77.4 Å². The molecule has 0 atom stereocenters. The molecule has 1 heterocycles. The summed E-state index contributed by atoms with van der Waals surface area (Å²) >= 11 is 1.46. The number of hydrogen-bond acceptors (Lipinski definition) is 3. The van der Waals surface area contributed by atoms with Crippen LogP contribution in [0.4, 0.5) is 0 Å². The molecule has 3 rings (SSSR count). The van der Waals surface area contributed by atoms with E-state index in [-0.39, 0.29) is 5.57 Å². The Kier molecular flexibility index (Phi) is 6.00. The SMILES string of the molecule is Cc1cc(/C=C/c2ccc(/C=C(/C#N)C(=O)O)s2)c2c(C)ccc(C(C)C)cc1-2. The summed E-state index contributed by atoms with van der Waals surface area (Å²) in [7, 11) is 0. The molecule has 0 amide bonds. The van der Waals surface area contributed by atoms with E-state index in [2.05, 4.69) is 58.0 Å². The molecule has 0 fully saturated rings. The van der Waals surface area contributed by atoms with Crippen molar-refractivity contribution in [1.29, 1.82) is 5.26 Å². The highest BCUT2D eigenvalue weighted by molar-refractivity contribution is 7.13. The van der Waals surface area contributed by atoms with Gasteiger partial charge in [-0.3, -0.25) is 0 Å². The summed E-state index contributed by atoms with van der Waals surface area (Å²) < 4.78 is 0. The normalized spacial score (nSPS) is 12.1. The van der Waals surface area contributed by atoms with Gasteiger partial charge < -0.3 is 5.11 Å². The molecule has 29 heavy (non-hydrogen) atoms. The quantitative estimate of drug-likeness (QED) is 0.380. The average molecular weight is 402 g/mol. The van der Waals surface area contributed by atoms with E-state index in [4.69, 9.17) is 10.4 Å². The van der Waals surface area contributed by atoms with E-state index in [1.54, 1.807) is 6.07 Å². The fourth-order valence-electron chi connectivity index (χ4n) is 3.36. The summed E-state index contributed by atoms with van der Waals surface area (Å²) in [4.78, 5) is 12.8. The van der Waals surface area contributed by atoms with Gasteiger partial charge in [0.2, 0.25) is 0 Å². The number of nitrogens with zero attached hydrogens (tertiary/aromatic N) is 1. The van der Waals surface area contributed by atoms with Gasteiger partial charge in [0, 0.05) is 9.75 Å². The van der Waals surface area contributed by atoms with Crippen LogP contribution in [-0.4, -0.2) is 11.1 Å². The number of carboxylic acid groups (broad SMARTS) is 1. The van der Waals surface area contributed by atoms with Crippen molar-refractivity contribution >= 4 is 35.5 Å². The standard InChI is InChI=1S/C25H23NO2S/c1-15(2)18-6-5-16(3)24-19(11-17(4)23(24)13-18)7-8-21-9-10-22(29-21)12-20(14-26)25(27)28/h5-13,15H,1-4H3,(H,27,28)/b8-7+,20-12-. The van der Waals surface area contributed by atoms with E-state index in [0.717, 1.165) is 9.75 Å². The van der Waals surface area contributed by atoms with E-state index < -0.39 is 5.97 Å². The molecule has 3 nitrogen and oxygen atoms in total. The number of carboxylic acids is 1. The zero-order valence-electron chi connectivity index (χ0n) is 17.0. The smallest absolute Gasteiger partial charge is 0.346 e. The maximum absolute atomic E-state index is 11.0. The monoisotopic (exact) mass is 401 g/mol. The van der Waals surface area contributed by atoms with Crippen molar-refractivity contribution in [2.45, 2.75) is 33.6 Å². The minimum Gasteiger partial charge on any atom is -0.477 e. The first-order valence-electron chi connectivity index (χ1n) is 9.47. The Balaban J connectivity index is 1.96. The van der Waals surface area contributed by atoms with Crippen molar-refractivity contribution in [3.63, 3.8) is 0 Å². The van der Waals surface area contributed by atoms with Crippen LogP contribution in [0.2, 0.25) is 0 Å². The largest absolute Gasteiger partial charge is 0.477 e. The van der Waals surface area contributed by atoms with Crippen LogP contribution < -0.4 is 0 Å². The Morgan fingerprint density at radius 1 is 1.07 bits per heavy atom. The van der Waals surface area contributed by atoms with Gasteiger partial charge >= 0.3 is 5.97 Å². The average Bonchev–Trinajstić information content (AvgIpc) is 3.19. The van der Waals surface area contributed by atoms with Crippen molar-refractivity contribution in [2.75, 3.05) is 0 Å². The van der Waals surface area contributed by atoms with Crippen molar-refractivity contribution < 1.29 is 9.90 Å². The second kappa shape index (κ2) is 8.46. The molecule has 2 aliphatic carbocycles. The van der Waals surface area contributed by atoms with Crippen LogP contribution in [0.3, 0.4) is 0 Å². The van der Waals surface area contributed by atoms with E-state index >= 15 is 0 Å². The van der Waals surface area contributed by atoms with Crippen molar-refractivity contribution in [3.8, 4) is 17.2 Å². The molecule has 0 spiro atoms. The minimum absolute atomic E-state index is 0.260. The molecule has 0 saturated heterocycles. The van der Waals surface area contributed by atoms with Crippen molar-refractivity contribution in [2.24, 2.45) is 0 Å². The Hall–Kier alpha value is -3.16. The lowest BCUT2D eigenvalue weighted by molar-refractivity contribution is -0.132. The first kappa shape index (κ1) is 20.6. The molecule has 0 aromatic carbocycles. The lowest BCUT2D eigenvalue weighted by Crippen LogP contribution is -1.96. The van der Waals surface area contributed by atoms with Crippen LogP contribution in [0.5, 0.6) is 0 Å². The molecular formula is C25H23NO2S. The maximum Gasteiger partial charge on any atom is 0.346 e. The van der Waals surface area contributed by atoms with Crippen LogP contribution >= 0.6 is 11.3 Å². The van der Waals surface area contributed by atoms with Crippen LogP contribution in [-0.2, 0) is 4.79 Å². The number of rotatable bonds is 5. The summed E-state index contributed by atoms with van der Waals surface area (Å²) in [5.74, 6) is -0.735. The van der Waals surface area contributed by atoms with Crippen LogP contribution in [0.25, 0.3) is 29.4 Å². The van der Waals surface area contributed by atoms with Gasteiger partial charge in [0.05, 0.1) is 0 Å². The molecule has 0 saturated carbocycles. The number of nitriles is 1. The Morgan fingerprint density at radius 3 is 2.45 bits per heavy atom. The third kappa shape index (κ3) is 4.47. The van der Waals surface area contributed by atoms with Crippen LogP contribution in [0.15, 0.2) is 42.0 Å². The summed E-state index contributed by atoms with van der Waals surface area (Å²) in [6.45, 7) is 8.71. The van der Waals surface area contributed by atoms with E-state index in [9.17, 15) is 4.79 Å². The van der Waals surface area contributed by atoms with Gasteiger partial charge in [0.25, 0.3) is 0 Å². The number of carbonyl (C=O) groups is 1. The highest BCUT2D eigenvalue weighted by atomic mass is 32.1. The molecule has 1 aromatic heterocycles. The van der Waals surface area contributed by atoms with Crippen molar-refractivity contribution in [1.82, 2.24) is 0 Å². The van der Waals surface area contributed by atoms with E-state index in [1.807, 2.05) is 18.2 Å². The number of fused-ring (bicyclic) bond motifs is 1.